The van der Waals surface area contributed by atoms with Crippen LogP contribution in [0.4, 0.5) is 5.00 Å². The minimum atomic E-state index is -0.0822. The highest BCUT2D eigenvalue weighted by molar-refractivity contribution is 7.17. The van der Waals surface area contributed by atoms with E-state index in [9.17, 15) is 4.79 Å². The fourth-order valence-electron chi connectivity index (χ4n) is 3.21. The zero-order chi connectivity index (χ0) is 14.6. The van der Waals surface area contributed by atoms with E-state index in [2.05, 4.69) is 36.6 Å². The van der Waals surface area contributed by atoms with Crippen LogP contribution in [-0.2, 0) is 12.8 Å². The Morgan fingerprint density at radius 3 is 2.86 bits per heavy atom. The molecule has 2 N–H and O–H groups in total. The molecule has 4 rings (SSSR count). The molecule has 0 radical (unpaired) electrons. The van der Waals surface area contributed by atoms with Gasteiger partial charge >= 0.3 is 0 Å². The third kappa shape index (κ3) is 2.19. The normalized spacial score (nSPS) is 24.0. The fraction of sp³-hybridized carbons (Fsp3) is 0.438. The molecular formula is C16H18N2OS2. The summed E-state index contributed by atoms with van der Waals surface area (Å²) in [6.07, 6.45) is 3.27. The van der Waals surface area contributed by atoms with Crippen molar-refractivity contribution in [2.75, 3.05) is 5.32 Å². The van der Waals surface area contributed by atoms with E-state index < -0.39 is 0 Å². The Hall–Kier alpha value is -1.33. The van der Waals surface area contributed by atoms with Crippen molar-refractivity contribution in [1.82, 2.24) is 5.32 Å². The van der Waals surface area contributed by atoms with Gasteiger partial charge in [-0.3, -0.25) is 4.79 Å². The highest BCUT2D eigenvalue weighted by Gasteiger charge is 2.33. The number of hydrogen-bond donors (Lipinski definition) is 2. The SMILES string of the molecule is Cc1ccc([C@@H]2NC(=O)c3c(sc4c3CC[C@H](C)C4)N2)s1. The van der Waals surface area contributed by atoms with Gasteiger partial charge in [-0.15, -0.1) is 22.7 Å². The Balaban J connectivity index is 1.71. The van der Waals surface area contributed by atoms with Crippen LogP contribution < -0.4 is 10.6 Å². The van der Waals surface area contributed by atoms with Crippen LogP contribution in [0.25, 0.3) is 0 Å². The van der Waals surface area contributed by atoms with Crippen molar-refractivity contribution in [3.63, 3.8) is 0 Å². The van der Waals surface area contributed by atoms with Crippen LogP contribution in [0.1, 0.15) is 50.1 Å². The molecule has 3 heterocycles. The lowest BCUT2D eigenvalue weighted by atomic mass is 9.88. The number of aryl methyl sites for hydroxylation is 1. The molecule has 0 fully saturated rings. The maximum Gasteiger partial charge on any atom is 0.256 e. The van der Waals surface area contributed by atoms with Gasteiger partial charge in [0.15, 0.2) is 0 Å². The Labute approximate surface area is 132 Å². The van der Waals surface area contributed by atoms with E-state index in [4.69, 9.17) is 0 Å². The molecule has 1 aliphatic carbocycles. The van der Waals surface area contributed by atoms with Crippen molar-refractivity contribution in [3.8, 4) is 0 Å². The topological polar surface area (TPSA) is 41.1 Å². The zero-order valence-electron chi connectivity index (χ0n) is 12.2. The van der Waals surface area contributed by atoms with E-state index in [1.165, 1.54) is 26.6 Å². The summed E-state index contributed by atoms with van der Waals surface area (Å²) in [4.78, 5) is 16.4. The molecule has 2 atom stereocenters. The molecule has 21 heavy (non-hydrogen) atoms. The van der Waals surface area contributed by atoms with Crippen LogP contribution in [0.5, 0.6) is 0 Å². The van der Waals surface area contributed by atoms with Crippen LogP contribution in [0.15, 0.2) is 12.1 Å². The highest BCUT2D eigenvalue weighted by Crippen LogP contribution is 2.43. The summed E-state index contributed by atoms with van der Waals surface area (Å²) in [7, 11) is 0. The summed E-state index contributed by atoms with van der Waals surface area (Å²) < 4.78 is 0. The van der Waals surface area contributed by atoms with Gasteiger partial charge in [0.25, 0.3) is 5.91 Å². The van der Waals surface area contributed by atoms with Crippen molar-refractivity contribution in [1.29, 1.82) is 0 Å². The Bertz CT molecular complexity index is 716. The van der Waals surface area contributed by atoms with E-state index in [0.717, 1.165) is 29.3 Å². The second-order valence-electron chi connectivity index (χ2n) is 6.06. The third-order valence-electron chi connectivity index (χ3n) is 4.34. The maximum absolute atomic E-state index is 12.6. The first-order chi connectivity index (χ1) is 10.1. The molecule has 0 saturated heterocycles. The first-order valence-corrected chi connectivity index (χ1v) is 9.03. The van der Waals surface area contributed by atoms with E-state index >= 15 is 0 Å². The van der Waals surface area contributed by atoms with Gasteiger partial charge < -0.3 is 10.6 Å². The molecule has 0 spiro atoms. The lowest BCUT2D eigenvalue weighted by Crippen LogP contribution is -2.37. The molecule has 2 aliphatic rings. The number of fused-ring (bicyclic) bond motifs is 3. The molecule has 5 heteroatoms. The molecular weight excluding hydrogens is 300 g/mol. The maximum atomic E-state index is 12.6. The quantitative estimate of drug-likeness (QED) is 0.831. The van der Waals surface area contributed by atoms with Gasteiger partial charge in [-0.25, -0.2) is 0 Å². The molecule has 0 unspecified atom stereocenters. The zero-order valence-corrected chi connectivity index (χ0v) is 13.8. The first-order valence-electron chi connectivity index (χ1n) is 7.40. The van der Waals surface area contributed by atoms with Crippen molar-refractivity contribution >= 4 is 33.6 Å². The number of rotatable bonds is 1. The van der Waals surface area contributed by atoms with Crippen LogP contribution in [-0.4, -0.2) is 5.91 Å². The summed E-state index contributed by atoms with van der Waals surface area (Å²) in [5, 5.41) is 7.71. The smallest absolute Gasteiger partial charge is 0.256 e. The highest BCUT2D eigenvalue weighted by atomic mass is 32.1. The number of thiophene rings is 2. The van der Waals surface area contributed by atoms with Gasteiger partial charge in [0, 0.05) is 14.6 Å². The molecule has 3 nitrogen and oxygen atoms in total. The monoisotopic (exact) mass is 318 g/mol. The predicted octanol–water partition coefficient (Wildman–Crippen LogP) is 4.10. The molecule has 2 aromatic heterocycles. The van der Waals surface area contributed by atoms with Gasteiger partial charge in [0.1, 0.15) is 11.2 Å². The largest absolute Gasteiger partial charge is 0.352 e. The van der Waals surface area contributed by atoms with Gasteiger partial charge in [0.05, 0.1) is 5.56 Å². The number of carbonyl (C=O) groups excluding carboxylic acids is 1. The lowest BCUT2D eigenvalue weighted by Gasteiger charge is -2.26. The third-order valence-corrected chi connectivity index (χ3v) is 6.59. The number of anilines is 1. The molecule has 1 amide bonds. The second-order valence-corrected chi connectivity index (χ2v) is 8.48. The summed E-state index contributed by atoms with van der Waals surface area (Å²) in [6, 6.07) is 4.20. The summed E-state index contributed by atoms with van der Waals surface area (Å²) >= 11 is 3.52. The van der Waals surface area contributed by atoms with E-state index in [1.54, 1.807) is 22.7 Å². The van der Waals surface area contributed by atoms with E-state index in [0.29, 0.717) is 0 Å². The number of nitrogens with one attached hydrogen (secondary N) is 2. The van der Waals surface area contributed by atoms with Crippen LogP contribution >= 0.6 is 22.7 Å². The fourth-order valence-corrected chi connectivity index (χ4v) is 5.53. The van der Waals surface area contributed by atoms with Crippen LogP contribution in [0.3, 0.4) is 0 Å². The molecule has 0 saturated carbocycles. The van der Waals surface area contributed by atoms with E-state index in [-0.39, 0.29) is 12.1 Å². The van der Waals surface area contributed by atoms with Crippen molar-refractivity contribution in [2.24, 2.45) is 5.92 Å². The molecule has 0 aromatic carbocycles. The van der Waals surface area contributed by atoms with Gasteiger partial charge in [-0.05, 0) is 49.8 Å². The Morgan fingerprint density at radius 2 is 2.10 bits per heavy atom. The standard InChI is InChI=1S/C16H18N2OS2/c1-8-3-5-10-12(7-8)21-16-13(10)15(19)17-14(18-16)11-6-4-9(2)20-11/h4,6,8,14,18H,3,5,7H2,1-2H3,(H,17,19)/t8-,14+/m0/s1. The summed E-state index contributed by atoms with van der Waals surface area (Å²) in [6.45, 7) is 4.39. The van der Waals surface area contributed by atoms with E-state index in [1.807, 2.05) is 0 Å². The minimum Gasteiger partial charge on any atom is -0.352 e. The minimum absolute atomic E-state index is 0.0822. The van der Waals surface area contributed by atoms with Gasteiger partial charge in [-0.1, -0.05) is 6.92 Å². The number of carbonyl (C=O) groups is 1. The molecule has 0 bridgehead atoms. The lowest BCUT2D eigenvalue weighted by molar-refractivity contribution is 0.0936. The molecule has 1 aliphatic heterocycles. The van der Waals surface area contributed by atoms with Crippen molar-refractivity contribution in [2.45, 2.75) is 39.3 Å². The summed E-state index contributed by atoms with van der Waals surface area (Å²) in [5.74, 6) is 0.822. The van der Waals surface area contributed by atoms with Gasteiger partial charge in [0.2, 0.25) is 0 Å². The average molecular weight is 318 g/mol. The average Bonchev–Trinajstić information content (AvgIpc) is 3.01. The Morgan fingerprint density at radius 1 is 1.24 bits per heavy atom. The molecule has 110 valence electrons. The van der Waals surface area contributed by atoms with Crippen LogP contribution in [0.2, 0.25) is 0 Å². The van der Waals surface area contributed by atoms with Gasteiger partial charge in [-0.2, -0.15) is 0 Å². The second kappa shape index (κ2) is 4.85. The van der Waals surface area contributed by atoms with Crippen LogP contribution in [0, 0.1) is 12.8 Å². The van der Waals surface area contributed by atoms with Crippen molar-refractivity contribution < 1.29 is 4.79 Å². The number of hydrogen-bond acceptors (Lipinski definition) is 4. The van der Waals surface area contributed by atoms with Crippen molar-refractivity contribution in [3.05, 3.63) is 37.9 Å². The number of amides is 1. The summed E-state index contributed by atoms with van der Waals surface area (Å²) in [5.41, 5.74) is 2.20. The first kappa shape index (κ1) is 13.3. The predicted molar refractivity (Wildman–Crippen MR) is 88.4 cm³/mol. The molecule has 2 aromatic rings. The Kier molecular flexibility index (Phi) is 3.08.